The zero-order valence-electron chi connectivity index (χ0n) is 14.4. The minimum Gasteiger partial charge on any atom is -0.489 e. The van der Waals surface area contributed by atoms with Crippen molar-refractivity contribution >= 4 is 27.5 Å². The summed E-state index contributed by atoms with van der Waals surface area (Å²) < 4.78 is 17.3. The second-order valence-electron chi connectivity index (χ2n) is 5.31. The summed E-state index contributed by atoms with van der Waals surface area (Å²) in [5.41, 5.74) is 1.72. The van der Waals surface area contributed by atoms with Crippen LogP contribution in [0.1, 0.15) is 12.5 Å². The van der Waals surface area contributed by atoms with E-state index in [2.05, 4.69) is 21.2 Å². The number of nitrogens with one attached hydrogen (secondary N) is 1. The van der Waals surface area contributed by atoms with E-state index in [9.17, 15) is 4.79 Å². The van der Waals surface area contributed by atoms with Crippen molar-refractivity contribution in [2.45, 2.75) is 13.8 Å². The highest BCUT2D eigenvalue weighted by molar-refractivity contribution is 9.10. The molecule has 0 heterocycles. The first-order valence-corrected chi connectivity index (χ1v) is 8.88. The molecule has 6 heteroatoms. The fraction of sp³-hybridized carbons (Fsp3) is 0.316. The highest BCUT2D eigenvalue weighted by atomic mass is 79.9. The van der Waals surface area contributed by atoms with Crippen LogP contribution in [0.2, 0.25) is 0 Å². The van der Waals surface area contributed by atoms with Gasteiger partial charge in [0.25, 0.3) is 5.91 Å². The van der Waals surface area contributed by atoms with Gasteiger partial charge in [-0.25, -0.2) is 0 Å². The molecule has 0 aromatic heterocycles. The summed E-state index contributed by atoms with van der Waals surface area (Å²) in [5, 5.41) is 2.81. The second-order valence-corrected chi connectivity index (χ2v) is 6.17. The molecule has 2 rings (SSSR count). The fourth-order valence-corrected chi connectivity index (χ4v) is 2.71. The van der Waals surface area contributed by atoms with Crippen molar-refractivity contribution in [3.8, 4) is 11.5 Å². The van der Waals surface area contributed by atoms with E-state index in [1.165, 1.54) is 0 Å². The number of aryl methyl sites for hydroxylation is 1. The summed E-state index contributed by atoms with van der Waals surface area (Å²) >= 11 is 3.43. The third kappa shape index (κ3) is 6.40. The van der Waals surface area contributed by atoms with Crippen LogP contribution in [0.25, 0.3) is 0 Å². The quantitative estimate of drug-likeness (QED) is 0.633. The first kappa shape index (κ1) is 19.3. The van der Waals surface area contributed by atoms with Crippen molar-refractivity contribution < 1.29 is 19.0 Å². The van der Waals surface area contributed by atoms with Gasteiger partial charge >= 0.3 is 0 Å². The van der Waals surface area contributed by atoms with Crippen molar-refractivity contribution in [1.29, 1.82) is 0 Å². The highest BCUT2D eigenvalue weighted by Crippen LogP contribution is 2.26. The predicted octanol–water partition coefficient (Wildman–Crippen LogP) is 4.19. The number of halogens is 1. The Bertz CT molecular complexity index is 706. The van der Waals surface area contributed by atoms with Gasteiger partial charge in [-0.3, -0.25) is 4.79 Å². The van der Waals surface area contributed by atoms with Gasteiger partial charge in [-0.2, -0.15) is 0 Å². The first-order valence-electron chi connectivity index (χ1n) is 8.08. The first-order chi connectivity index (χ1) is 12.1. The molecule has 0 aliphatic rings. The van der Waals surface area contributed by atoms with E-state index >= 15 is 0 Å². The standard InChI is InChI=1S/C19H22BrNO4/c1-3-23-10-11-24-18-7-5-4-6-16(18)21-19(22)13-25-17-9-8-14(2)12-15(17)20/h4-9,12H,3,10-11,13H2,1-2H3,(H,21,22). The molecule has 0 aliphatic heterocycles. The molecule has 0 spiro atoms. The molecule has 5 nitrogen and oxygen atoms in total. The molecule has 2 aromatic rings. The normalized spacial score (nSPS) is 10.4. The Balaban J connectivity index is 1.89. The van der Waals surface area contributed by atoms with E-state index in [0.717, 1.165) is 10.0 Å². The minimum atomic E-state index is -0.256. The number of rotatable bonds is 9. The number of anilines is 1. The summed E-state index contributed by atoms with van der Waals surface area (Å²) in [5.74, 6) is 0.974. The van der Waals surface area contributed by atoms with Gasteiger partial charge in [0.15, 0.2) is 6.61 Å². The lowest BCUT2D eigenvalue weighted by Crippen LogP contribution is -2.21. The van der Waals surface area contributed by atoms with Crippen molar-refractivity contribution in [2.75, 3.05) is 31.7 Å². The zero-order chi connectivity index (χ0) is 18.1. The second kappa shape index (κ2) is 10.1. The van der Waals surface area contributed by atoms with Crippen LogP contribution in [0.15, 0.2) is 46.9 Å². The van der Waals surface area contributed by atoms with Gasteiger partial charge < -0.3 is 19.5 Å². The van der Waals surface area contributed by atoms with Gasteiger partial charge in [-0.1, -0.05) is 18.2 Å². The lowest BCUT2D eigenvalue weighted by Gasteiger charge is -2.13. The molecule has 134 valence electrons. The molecular formula is C19H22BrNO4. The molecule has 0 fully saturated rings. The molecule has 0 radical (unpaired) electrons. The van der Waals surface area contributed by atoms with Crippen LogP contribution in [0, 0.1) is 6.92 Å². The summed E-state index contributed by atoms with van der Waals surface area (Å²) in [6.45, 7) is 5.41. The third-order valence-electron chi connectivity index (χ3n) is 3.30. The fourth-order valence-electron chi connectivity index (χ4n) is 2.10. The largest absolute Gasteiger partial charge is 0.489 e. The number of carbonyl (C=O) groups excluding carboxylic acids is 1. The van der Waals surface area contributed by atoms with Crippen LogP contribution in [0.5, 0.6) is 11.5 Å². The van der Waals surface area contributed by atoms with Crippen molar-refractivity contribution in [1.82, 2.24) is 0 Å². The number of carbonyl (C=O) groups is 1. The Morgan fingerprint density at radius 1 is 1.08 bits per heavy atom. The molecular weight excluding hydrogens is 386 g/mol. The van der Waals surface area contributed by atoms with Crippen LogP contribution in [0.3, 0.4) is 0 Å². The van der Waals surface area contributed by atoms with E-state index in [-0.39, 0.29) is 12.5 Å². The summed E-state index contributed by atoms with van der Waals surface area (Å²) in [6.07, 6.45) is 0. The SMILES string of the molecule is CCOCCOc1ccccc1NC(=O)COc1ccc(C)cc1Br. The van der Waals surface area contributed by atoms with Crippen LogP contribution < -0.4 is 14.8 Å². The average Bonchev–Trinajstić information content (AvgIpc) is 2.59. The molecule has 0 bridgehead atoms. The van der Waals surface area contributed by atoms with Crippen molar-refractivity contribution in [2.24, 2.45) is 0 Å². The maximum absolute atomic E-state index is 12.2. The molecule has 0 atom stereocenters. The summed E-state index contributed by atoms with van der Waals surface area (Å²) in [7, 11) is 0. The molecule has 2 aromatic carbocycles. The van der Waals surface area contributed by atoms with E-state index in [1.807, 2.05) is 44.2 Å². The van der Waals surface area contributed by atoms with Crippen LogP contribution in [-0.4, -0.2) is 32.3 Å². The molecule has 0 saturated carbocycles. The van der Waals surface area contributed by atoms with E-state index < -0.39 is 0 Å². The lowest BCUT2D eigenvalue weighted by molar-refractivity contribution is -0.118. The summed E-state index contributed by atoms with van der Waals surface area (Å²) in [4.78, 5) is 12.2. The zero-order valence-corrected chi connectivity index (χ0v) is 16.0. The molecule has 0 saturated heterocycles. The van der Waals surface area contributed by atoms with Gasteiger partial charge in [0.2, 0.25) is 0 Å². The smallest absolute Gasteiger partial charge is 0.262 e. The topological polar surface area (TPSA) is 56.8 Å². The monoisotopic (exact) mass is 407 g/mol. The number of benzene rings is 2. The lowest BCUT2D eigenvalue weighted by atomic mass is 10.2. The van der Waals surface area contributed by atoms with Gasteiger partial charge in [0.1, 0.15) is 18.1 Å². The van der Waals surface area contributed by atoms with Crippen molar-refractivity contribution in [3.63, 3.8) is 0 Å². The molecule has 1 amide bonds. The Kier molecular flexibility index (Phi) is 7.76. The van der Waals surface area contributed by atoms with E-state index in [0.29, 0.717) is 37.0 Å². The Morgan fingerprint density at radius 3 is 2.64 bits per heavy atom. The highest BCUT2D eigenvalue weighted by Gasteiger charge is 2.09. The third-order valence-corrected chi connectivity index (χ3v) is 3.92. The van der Waals surface area contributed by atoms with Crippen molar-refractivity contribution in [3.05, 3.63) is 52.5 Å². The maximum atomic E-state index is 12.2. The van der Waals surface area contributed by atoms with Crippen LogP contribution in [-0.2, 0) is 9.53 Å². The van der Waals surface area contributed by atoms with Gasteiger partial charge in [0.05, 0.1) is 16.8 Å². The summed E-state index contributed by atoms with van der Waals surface area (Å²) in [6, 6.07) is 13.0. The number of amides is 1. The van der Waals surface area contributed by atoms with E-state index in [4.69, 9.17) is 14.2 Å². The average molecular weight is 408 g/mol. The van der Waals surface area contributed by atoms with Gasteiger partial charge in [0, 0.05) is 6.61 Å². The Labute approximate surface area is 156 Å². The number of hydrogen-bond donors (Lipinski definition) is 1. The van der Waals surface area contributed by atoms with Gasteiger partial charge in [-0.05, 0) is 59.6 Å². The number of hydrogen-bond acceptors (Lipinski definition) is 4. The predicted molar refractivity (Wildman–Crippen MR) is 101 cm³/mol. The van der Waals surface area contributed by atoms with Crippen LogP contribution in [0.4, 0.5) is 5.69 Å². The molecule has 0 unspecified atom stereocenters. The minimum absolute atomic E-state index is 0.0884. The Morgan fingerprint density at radius 2 is 1.88 bits per heavy atom. The van der Waals surface area contributed by atoms with Crippen LogP contribution >= 0.6 is 15.9 Å². The van der Waals surface area contributed by atoms with E-state index in [1.54, 1.807) is 12.1 Å². The van der Waals surface area contributed by atoms with Gasteiger partial charge in [-0.15, -0.1) is 0 Å². The molecule has 0 aliphatic carbocycles. The molecule has 25 heavy (non-hydrogen) atoms. The Hall–Kier alpha value is -2.05. The maximum Gasteiger partial charge on any atom is 0.262 e. The number of ether oxygens (including phenoxy) is 3. The molecule has 1 N–H and O–H groups in total. The number of para-hydroxylation sites is 2.